The maximum atomic E-state index is 12.2. The molecule has 0 aliphatic carbocycles. The van der Waals surface area contributed by atoms with Gasteiger partial charge in [0.15, 0.2) is 0 Å². The monoisotopic (exact) mass is 248 g/mol. The highest BCUT2D eigenvalue weighted by molar-refractivity contribution is 7.89. The van der Waals surface area contributed by atoms with Crippen molar-refractivity contribution in [2.24, 2.45) is 5.92 Å². The van der Waals surface area contributed by atoms with Crippen LogP contribution in [0.25, 0.3) is 0 Å². The van der Waals surface area contributed by atoms with Gasteiger partial charge in [-0.2, -0.15) is 0 Å². The fourth-order valence-corrected chi connectivity index (χ4v) is 3.56. The fourth-order valence-electron chi connectivity index (χ4n) is 1.90. The van der Waals surface area contributed by atoms with Crippen LogP contribution in [0.15, 0.2) is 0 Å². The van der Waals surface area contributed by atoms with Crippen LogP contribution in [-0.2, 0) is 10.0 Å². The van der Waals surface area contributed by atoms with E-state index in [0.29, 0.717) is 19.0 Å². The Balaban J connectivity index is 2.54. The molecule has 0 bridgehead atoms. The van der Waals surface area contributed by atoms with Crippen molar-refractivity contribution in [2.45, 2.75) is 38.4 Å². The van der Waals surface area contributed by atoms with Gasteiger partial charge >= 0.3 is 0 Å². The average molecular weight is 248 g/mol. The van der Waals surface area contributed by atoms with Gasteiger partial charge in [-0.3, -0.25) is 0 Å². The van der Waals surface area contributed by atoms with Gasteiger partial charge in [-0.05, 0) is 31.7 Å². The van der Waals surface area contributed by atoms with Crippen LogP contribution < -0.4 is 5.32 Å². The Kier molecular flexibility index (Phi) is 5.21. The summed E-state index contributed by atoms with van der Waals surface area (Å²) in [4.78, 5) is 0. The molecule has 0 aromatic rings. The van der Waals surface area contributed by atoms with Gasteiger partial charge in [0.1, 0.15) is 0 Å². The van der Waals surface area contributed by atoms with Crippen LogP contribution in [0.2, 0.25) is 0 Å². The quantitative estimate of drug-likeness (QED) is 0.791. The van der Waals surface area contributed by atoms with Crippen LogP contribution in [0, 0.1) is 5.92 Å². The Morgan fingerprint density at radius 2 is 2.12 bits per heavy atom. The molecule has 0 spiro atoms. The van der Waals surface area contributed by atoms with Gasteiger partial charge in [0.2, 0.25) is 10.0 Å². The zero-order valence-electron chi connectivity index (χ0n) is 10.6. The molecule has 0 radical (unpaired) electrons. The Bertz CT molecular complexity index is 295. The van der Waals surface area contributed by atoms with Crippen molar-refractivity contribution in [2.75, 3.05) is 26.7 Å². The lowest BCUT2D eigenvalue weighted by molar-refractivity contribution is 0.407. The van der Waals surface area contributed by atoms with E-state index in [1.807, 2.05) is 0 Å². The summed E-state index contributed by atoms with van der Waals surface area (Å²) in [7, 11) is -1.39. The molecule has 4 nitrogen and oxygen atoms in total. The first kappa shape index (κ1) is 13.9. The predicted octanol–water partition coefficient (Wildman–Crippen LogP) is 1.05. The summed E-state index contributed by atoms with van der Waals surface area (Å²) in [6.45, 7) is 6.41. The summed E-state index contributed by atoms with van der Waals surface area (Å²) < 4.78 is 25.9. The minimum atomic E-state index is -3.09. The number of rotatable bonds is 5. The SMILES string of the molecule is CC(C)CCN(C)S(=O)(=O)C1CCCNC1. The molecule has 1 unspecified atom stereocenters. The fraction of sp³-hybridized carbons (Fsp3) is 1.00. The third-order valence-corrected chi connectivity index (χ3v) is 5.42. The van der Waals surface area contributed by atoms with Gasteiger partial charge < -0.3 is 5.32 Å². The maximum Gasteiger partial charge on any atom is 0.217 e. The van der Waals surface area contributed by atoms with Crippen molar-refractivity contribution in [1.82, 2.24) is 9.62 Å². The van der Waals surface area contributed by atoms with E-state index in [9.17, 15) is 8.42 Å². The van der Waals surface area contributed by atoms with Gasteiger partial charge in [0.05, 0.1) is 5.25 Å². The molecule has 0 saturated carbocycles. The van der Waals surface area contributed by atoms with E-state index in [1.165, 1.54) is 4.31 Å². The van der Waals surface area contributed by atoms with Crippen LogP contribution in [0.4, 0.5) is 0 Å². The van der Waals surface area contributed by atoms with Crippen LogP contribution in [0.1, 0.15) is 33.1 Å². The number of piperidine rings is 1. The van der Waals surface area contributed by atoms with Crippen molar-refractivity contribution in [1.29, 1.82) is 0 Å². The first-order valence-corrected chi connectivity index (χ1v) is 7.60. The average Bonchev–Trinajstić information content (AvgIpc) is 2.27. The minimum absolute atomic E-state index is 0.224. The number of sulfonamides is 1. The van der Waals surface area contributed by atoms with Crippen LogP contribution >= 0.6 is 0 Å². The second-order valence-electron chi connectivity index (χ2n) is 5.02. The lowest BCUT2D eigenvalue weighted by atomic mass is 10.1. The summed E-state index contributed by atoms with van der Waals surface area (Å²) in [5.74, 6) is 0.544. The van der Waals surface area contributed by atoms with E-state index in [0.717, 1.165) is 25.8 Å². The van der Waals surface area contributed by atoms with Crippen molar-refractivity contribution < 1.29 is 8.42 Å². The number of nitrogens with one attached hydrogen (secondary N) is 1. The molecule has 0 amide bonds. The molecule has 1 N–H and O–H groups in total. The van der Waals surface area contributed by atoms with Crippen molar-refractivity contribution in [3.8, 4) is 0 Å². The van der Waals surface area contributed by atoms with E-state index in [2.05, 4.69) is 19.2 Å². The van der Waals surface area contributed by atoms with E-state index in [1.54, 1.807) is 7.05 Å². The summed E-state index contributed by atoms with van der Waals surface area (Å²) >= 11 is 0. The largest absolute Gasteiger partial charge is 0.315 e. The minimum Gasteiger partial charge on any atom is -0.315 e. The summed E-state index contributed by atoms with van der Waals surface area (Å²) in [5.41, 5.74) is 0. The van der Waals surface area contributed by atoms with Gasteiger partial charge in [-0.1, -0.05) is 13.8 Å². The van der Waals surface area contributed by atoms with E-state index < -0.39 is 10.0 Å². The van der Waals surface area contributed by atoms with E-state index in [-0.39, 0.29) is 5.25 Å². The molecule has 0 aromatic heterocycles. The molecule has 1 saturated heterocycles. The van der Waals surface area contributed by atoms with Crippen LogP contribution in [-0.4, -0.2) is 44.7 Å². The van der Waals surface area contributed by atoms with E-state index in [4.69, 9.17) is 0 Å². The van der Waals surface area contributed by atoms with Crippen molar-refractivity contribution >= 4 is 10.0 Å². The molecule has 1 rings (SSSR count). The number of nitrogens with zero attached hydrogens (tertiary/aromatic N) is 1. The first-order valence-electron chi connectivity index (χ1n) is 6.10. The Labute approximate surface area is 99.5 Å². The highest BCUT2D eigenvalue weighted by Gasteiger charge is 2.30. The Morgan fingerprint density at radius 3 is 2.62 bits per heavy atom. The molecule has 1 heterocycles. The third kappa shape index (κ3) is 3.71. The molecule has 0 aromatic carbocycles. The van der Waals surface area contributed by atoms with Crippen molar-refractivity contribution in [3.05, 3.63) is 0 Å². The lowest BCUT2D eigenvalue weighted by Gasteiger charge is -2.28. The summed E-state index contributed by atoms with van der Waals surface area (Å²) in [6.07, 6.45) is 2.68. The number of hydrogen-bond acceptors (Lipinski definition) is 3. The molecule has 1 aliphatic heterocycles. The third-order valence-electron chi connectivity index (χ3n) is 3.13. The molecule has 1 aliphatic rings. The molecule has 1 fully saturated rings. The van der Waals surface area contributed by atoms with Gasteiger partial charge in [-0.15, -0.1) is 0 Å². The summed E-state index contributed by atoms with van der Waals surface area (Å²) in [6, 6.07) is 0. The van der Waals surface area contributed by atoms with E-state index >= 15 is 0 Å². The van der Waals surface area contributed by atoms with Gasteiger partial charge in [-0.25, -0.2) is 12.7 Å². The standard InChI is InChI=1S/C11H24N2O2S/c1-10(2)6-8-13(3)16(14,15)11-5-4-7-12-9-11/h10-12H,4-9H2,1-3H3. The highest BCUT2D eigenvalue weighted by atomic mass is 32.2. The van der Waals surface area contributed by atoms with Crippen LogP contribution in [0.3, 0.4) is 0 Å². The highest BCUT2D eigenvalue weighted by Crippen LogP contribution is 2.16. The van der Waals surface area contributed by atoms with Gasteiger partial charge in [0, 0.05) is 20.1 Å². The summed E-state index contributed by atoms with van der Waals surface area (Å²) in [5, 5.41) is 2.93. The normalized spacial score (nSPS) is 22.9. The molecule has 5 heteroatoms. The predicted molar refractivity (Wildman–Crippen MR) is 66.9 cm³/mol. The molecule has 96 valence electrons. The maximum absolute atomic E-state index is 12.2. The number of hydrogen-bond donors (Lipinski definition) is 1. The molecule has 1 atom stereocenters. The molecule has 16 heavy (non-hydrogen) atoms. The smallest absolute Gasteiger partial charge is 0.217 e. The zero-order chi connectivity index (χ0) is 12.2. The topological polar surface area (TPSA) is 49.4 Å². The first-order chi connectivity index (χ1) is 7.44. The van der Waals surface area contributed by atoms with Crippen LogP contribution in [0.5, 0.6) is 0 Å². The van der Waals surface area contributed by atoms with Crippen molar-refractivity contribution in [3.63, 3.8) is 0 Å². The second kappa shape index (κ2) is 5.98. The molecular formula is C11H24N2O2S. The Morgan fingerprint density at radius 1 is 1.44 bits per heavy atom. The zero-order valence-corrected chi connectivity index (χ0v) is 11.4. The lowest BCUT2D eigenvalue weighted by Crippen LogP contribution is -2.45. The second-order valence-corrected chi connectivity index (χ2v) is 7.34. The van der Waals surface area contributed by atoms with Gasteiger partial charge in [0.25, 0.3) is 0 Å². The molecular weight excluding hydrogens is 224 g/mol. The Hall–Kier alpha value is -0.130.